The van der Waals surface area contributed by atoms with Crippen molar-refractivity contribution < 1.29 is 14.1 Å². The summed E-state index contributed by atoms with van der Waals surface area (Å²) in [4.78, 5) is 38.0. The number of anilines is 5. The van der Waals surface area contributed by atoms with Gasteiger partial charge in [0.15, 0.2) is 11.5 Å². The number of likely N-dealkylation sites (tertiary alicyclic amines) is 1. The van der Waals surface area contributed by atoms with Crippen LogP contribution in [0.5, 0.6) is 0 Å². The van der Waals surface area contributed by atoms with Gasteiger partial charge >= 0.3 is 0 Å². The van der Waals surface area contributed by atoms with Crippen molar-refractivity contribution in [2.75, 3.05) is 29.0 Å². The van der Waals surface area contributed by atoms with Gasteiger partial charge in [-0.05, 0) is 68.0 Å². The minimum atomic E-state index is -0.105. The fourth-order valence-corrected chi connectivity index (χ4v) is 4.63. The Hall–Kier alpha value is -4.51. The SMILES string of the molecule is CC(=O)Nc1ccc2cc1CCc1cncc(c1)Nc1ncc(Cl)c(n1)N2.Cc1cc(C(=O)N2CCCC2)no1. The van der Waals surface area contributed by atoms with E-state index in [0.717, 1.165) is 67.0 Å². The molecule has 6 rings (SSSR count). The molecule has 11 nitrogen and oxygen atoms in total. The third-order valence-electron chi connectivity index (χ3n) is 6.40. The largest absolute Gasteiger partial charge is 0.361 e. The molecule has 6 bridgehead atoms. The van der Waals surface area contributed by atoms with E-state index in [4.69, 9.17) is 16.1 Å². The molecule has 4 aromatic rings. The maximum atomic E-state index is 11.7. The molecule has 0 spiro atoms. The van der Waals surface area contributed by atoms with E-state index in [0.29, 0.717) is 28.2 Å². The van der Waals surface area contributed by atoms with Crippen LogP contribution in [0.25, 0.3) is 0 Å². The van der Waals surface area contributed by atoms with Crippen LogP contribution in [-0.4, -0.2) is 49.9 Å². The van der Waals surface area contributed by atoms with Gasteiger partial charge in [0.1, 0.15) is 10.8 Å². The Balaban J connectivity index is 0.000000207. The van der Waals surface area contributed by atoms with Crippen LogP contribution in [-0.2, 0) is 17.6 Å². The average molecular weight is 561 g/mol. The maximum absolute atomic E-state index is 11.7. The summed E-state index contributed by atoms with van der Waals surface area (Å²) in [5.74, 6) is 1.49. The van der Waals surface area contributed by atoms with Crippen molar-refractivity contribution >= 4 is 52.2 Å². The molecule has 206 valence electrons. The first kappa shape index (κ1) is 27.1. The lowest BCUT2D eigenvalue weighted by Gasteiger charge is -2.14. The highest BCUT2D eigenvalue weighted by Gasteiger charge is 2.21. The number of fused-ring (bicyclic) bond motifs is 6. The molecule has 0 saturated carbocycles. The normalized spacial score (nSPS) is 13.8. The number of aryl methyl sites for hydroxylation is 3. The average Bonchev–Trinajstić information content (AvgIpc) is 3.63. The second-order valence-electron chi connectivity index (χ2n) is 9.60. The summed E-state index contributed by atoms with van der Waals surface area (Å²) in [5, 5.41) is 13.4. The molecule has 40 heavy (non-hydrogen) atoms. The molecular formula is C28H29ClN8O3. The quantitative estimate of drug-likeness (QED) is 0.298. The van der Waals surface area contributed by atoms with Crippen LogP contribution in [0.15, 0.2) is 53.4 Å². The van der Waals surface area contributed by atoms with E-state index < -0.39 is 0 Å². The second kappa shape index (κ2) is 12.1. The van der Waals surface area contributed by atoms with Crippen molar-refractivity contribution in [2.45, 2.75) is 39.5 Å². The molecule has 1 aromatic carbocycles. The second-order valence-corrected chi connectivity index (χ2v) is 10.0. The van der Waals surface area contributed by atoms with Gasteiger partial charge in [-0.1, -0.05) is 16.8 Å². The van der Waals surface area contributed by atoms with E-state index in [9.17, 15) is 9.59 Å². The lowest BCUT2D eigenvalue weighted by molar-refractivity contribution is -0.114. The van der Waals surface area contributed by atoms with Crippen molar-refractivity contribution in [3.8, 4) is 0 Å². The molecule has 0 aliphatic carbocycles. The van der Waals surface area contributed by atoms with Gasteiger partial charge in [0.25, 0.3) is 5.91 Å². The number of carbonyl (C=O) groups excluding carboxylic acids is 2. The highest BCUT2D eigenvalue weighted by atomic mass is 35.5. The van der Waals surface area contributed by atoms with Crippen molar-refractivity contribution in [1.82, 2.24) is 25.0 Å². The molecule has 1 saturated heterocycles. The van der Waals surface area contributed by atoms with E-state index >= 15 is 0 Å². The predicted octanol–water partition coefficient (Wildman–Crippen LogP) is 5.29. The van der Waals surface area contributed by atoms with Gasteiger partial charge in [0.05, 0.1) is 18.1 Å². The zero-order valence-electron chi connectivity index (χ0n) is 22.2. The van der Waals surface area contributed by atoms with Crippen LogP contribution in [0.4, 0.5) is 28.8 Å². The molecule has 2 aliphatic rings. The zero-order valence-corrected chi connectivity index (χ0v) is 23.0. The number of nitrogens with zero attached hydrogens (tertiary/aromatic N) is 5. The number of nitrogens with one attached hydrogen (secondary N) is 3. The number of aromatic nitrogens is 4. The highest BCUT2D eigenvalue weighted by molar-refractivity contribution is 6.32. The molecule has 0 unspecified atom stereocenters. The number of rotatable bonds is 2. The summed E-state index contributed by atoms with van der Waals surface area (Å²) in [6.45, 7) is 4.99. The van der Waals surface area contributed by atoms with E-state index in [1.54, 1.807) is 25.4 Å². The number of halogens is 1. The Morgan fingerprint density at radius 2 is 1.85 bits per heavy atom. The Kier molecular flexibility index (Phi) is 8.20. The minimum absolute atomic E-state index is 0.00523. The Labute approximate surface area is 236 Å². The van der Waals surface area contributed by atoms with Gasteiger partial charge in [-0.15, -0.1) is 0 Å². The number of hydrogen-bond donors (Lipinski definition) is 3. The lowest BCUT2D eigenvalue weighted by Crippen LogP contribution is -2.27. The number of carbonyl (C=O) groups is 2. The summed E-state index contributed by atoms with van der Waals surface area (Å²) < 4.78 is 4.85. The third kappa shape index (κ3) is 6.73. The topological polar surface area (TPSA) is 138 Å². The molecular weight excluding hydrogens is 532 g/mol. The summed E-state index contributed by atoms with van der Waals surface area (Å²) in [6.07, 6.45) is 8.81. The van der Waals surface area contributed by atoms with E-state index in [-0.39, 0.29) is 11.8 Å². The van der Waals surface area contributed by atoms with Crippen LogP contribution in [0.2, 0.25) is 5.02 Å². The van der Waals surface area contributed by atoms with Crippen LogP contribution >= 0.6 is 11.6 Å². The van der Waals surface area contributed by atoms with Gasteiger partial charge in [-0.3, -0.25) is 14.6 Å². The number of pyridine rings is 1. The fourth-order valence-electron chi connectivity index (χ4n) is 4.49. The zero-order chi connectivity index (χ0) is 28.1. The Morgan fingerprint density at radius 3 is 2.60 bits per heavy atom. The van der Waals surface area contributed by atoms with Crippen LogP contribution < -0.4 is 16.0 Å². The first-order valence-corrected chi connectivity index (χ1v) is 13.4. The molecule has 3 aromatic heterocycles. The molecule has 2 amide bonds. The minimum Gasteiger partial charge on any atom is -0.361 e. The van der Waals surface area contributed by atoms with Gasteiger partial charge in [-0.2, -0.15) is 4.98 Å². The van der Waals surface area contributed by atoms with Crippen molar-refractivity contribution in [3.63, 3.8) is 0 Å². The van der Waals surface area contributed by atoms with Gasteiger partial charge in [0, 0.05) is 43.7 Å². The fraction of sp³-hybridized carbons (Fsp3) is 0.286. The lowest BCUT2D eigenvalue weighted by atomic mass is 10.0. The maximum Gasteiger partial charge on any atom is 0.276 e. The summed E-state index contributed by atoms with van der Waals surface area (Å²) >= 11 is 6.25. The van der Waals surface area contributed by atoms with E-state index in [1.807, 2.05) is 35.4 Å². The van der Waals surface area contributed by atoms with Gasteiger partial charge < -0.3 is 25.4 Å². The predicted molar refractivity (Wildman–Crippen MR) is 152 cm³/mol. The standard InChI is InChI=1S/C19H17ClN6O.C9H12N2O2/c1-11(27)23-17-5-4-14-7-13(17)3-2-12-6-15(9-21-8-12)25-19-22-10-16(20)18(24-14)26-19;1-7-6-8(10-13-7)9(12)11-4-2-3-5-11/h4-10H,2-3H2,1H3,(H,23,27)(H2,22,24,25,26);6H,2-5H2,1H3. The summed E-state index contributed by atoms with van der Waals surface area (Å²) in [5.41, 5.74) is 4.93. The van der Waals surface area contributed by atoms with Gasteiger partial charge in [0.2, 0.25) is 11.9 Å². The molecule has 3 N–H and O–H groups in total. The summed E-state index contributed by atoms with van der Waals surface area (Å²) in [7, 11) is 0. The number of amides is 2. The molecule has 5 heterocycles. The van der Waals surface area contributed by atoms with Crippen LogP contribution in [0.1, 0.15) is 47.1 Å². The van der Waals surface area contributed by atoms with Crippen molar-refractivity contribution in [2.24, 2.45) is 0 Å². The van der Waals surface area contributed by atoms with Crippen LogP contribution in [0, 0.1) is 6.92 Å². The van der Waals surface area contributed by atoms with E-state index in [1.165, 1.54) is 6.92 Å². The Bertz CT molecular complexity index is 1530. The van der Waals surface area contributed by atoms with Crippen molar-refractivity contribution in [3.05, 3.63) is 76.5 Å². The molecule has 0 radical (unpaired) electrons. The number of hydrogen-bond acceptors (Lipinski definition) is 9. The summed E-state index contributed by atoms with van der Waals surface area (Å²) in [6, 6.07) is 9.44. The monoisotopic (exact) mass is 560 g/mol. The molecule has 12 heteroatoms. The number of benzene rings is 1. The first-order valence-electron chi connectivity index (χ1n) is 13.0. The Morgan fingerprint density at radius 1 is 1.02 bits per heavy atom. The molecule has 1 fully saturated rings. The van der Waals surface area contributed by atoms with Crippen LogP contribution in [0.3, 0.4) is 0 Å². The highest BCUT2D eigenvalue weighted by Crippen LogP contribution is 2.29. The molecule has 0 atom stereocenters. The van der Waals surface area contributed by atoms with Gasteiger partial charge in [-0.25, -0.2) is 4.98 Å². The van der Waals surface area contributed by atoms with Crippen molar-refractivity contribution in [1.29, 1.82) is 0 Å². The molecule has 2 aliphatic heterocycles. The first-order chi connectivity index (χ1) is 19.3. The third-order valence-corrected chi connectivity index (χ3v) is 6.67. The van der Waals surface area contributed by atoms with E-state index in [2.05, 4.69) is 36.1 Å². The smallest absolute Gasteiger partial charge is 0.276 e.